The first-order chi connectivity index (χ1) is 8.14. The van der Waals surface area contributed by atoms with Gasteiger partial charge in [-0.05, 0) is 25.3 Å². The molecule has 1 N–H and O–H groups in total. The normalized spacial score (nSPS) is 19.8. The summed E-state index contributed by atoms with van der Waals surface area (Å²) in [4.78, 5) is 2.21. The van der Waals surface area contributed by atoms with Crippen molar-refractivity contribution in [2.45, 2.75) is 25.4 Å². The molecule has 0 radical (unpaired) electrons. The molecule has 1 aromatic rings. The number of terminal acetylenes is 1. The van der Waals surface area contributed by atoms with E-state index in [9.17, 15) is 5.11 Å². The average Bonchev–Trinajstić information content (AvgIpc) is 2.33. The van der Waals surface area contributed by atoms with Gasteiger partial charge in [-0.15, -0.1) is 6.42 Å². The maximum atomic E-state index is 10.7. The summed E-state index contributed by atoms with van der Waals surface area (Å²) in [6.45, 7) is 4.48. The van der Waals surface area contributed by atoms with Crippen LogP contribution in [0.15, 0.2) is 24.3 Å². The minimum absolute atomic E-state index is 0.670. The highest BCUT2D eigenvalue weighted by atomic mass is 16.3. The molecule has 1 saturated heterocycles. The molecular formula is C15H19NO. The monoisotopic (exact) mass is 229 g/mol. The average molecular weight is 229 g/mol. The van der Waals surface area contributed by atoms with Crippen molar-refractivity contribution in [3.63, 3.8) is 0 Å². The van der Waals surface area contributed by atoms with Gasteiger partial charge in [0.25, 0.3) is 0 Å². The number of hydrogen-bond donors (Lipinski definition) is 1. The predicted molar refractivity (Wildman–Crippen MR) is 69.6 cm³/mol. The molecule has 2 nitrogen and oxygen atoms in total. The highest BCUT2D eigenvalue weighted by Crippen LogP contribution is 2.32. The Morgan fingerprint density at radius 3 is 2.71 bits per heavy atom. The van der Waals surface area contributed by atoms with Gasteiger partial charge in [0.15, 0.2) is 0 Å². The van der Waals surface area contributed by atoms with E-state index in [0.29, 0.717) is 6.54 Å². The maximum absolute atomic E-state index is 10.7. The van der Waals surface area contributed by atoms with Crippen LogP contribution in [0.1, 0.15) is 24.0 Å². The van der Waals surface area contributed by atoms with Crippen molar-refractivity contribution in [1.82, 2.24) is 4.90 Å². The van der Waals surface area contributed by atoms with Crippen molar-refractivity contribution in [2.24, 2.45) is 0 Å². The standard InChI is InChI=1S/C15H19NO/c1-3-9-16-10-7-15(17,8-11-16)14-6-4-5-13(2)12-14/h1,4-6,12,17H,7-11H2,2H3. The number of nitrogens with zero attached hydrogens (tertiary/aromatic N) is 1. The lowest BCUT2D eigenvalue weighted by molar-refractivity contribution is -0.0230. The van der Waals surface area contributed by atoms with Gasteiger partial charge in [0.2, 0.25) is 0 Å². The van der Waals surface area contributed by atoms with Gasteiger partial charge in [-0.25, -0.2) is 0 Å². The number of rotatable bonds is 2. The molecule has 0 amide bonds. The zero-order valence-corrected chi connectivity index (χ0v) is 10.3. The van der Waals surface area contributed by atoms with Crippen molar-refractivity contribution in [3.8, 4) is 12.3 Å². The van der Waals surface area contributed by atoms with E-state index in [0.717, 1.165) is 31.5 Å². The molecule has 0 saturated carbocycles. The molecule has 17 heavy (non-hydrogen) atoms. The van der Waals surface area contributed by atoms with Gasteiger partial charge in [0.05, 0.1) is 12.1 Å². The van der Waals surface area contributed by atoms with E-state index in [-0.39, 0.29) is 0 Å². The number of aryl methyl sites for hydroxylation is 1. The summed E-state index contributed by atoms with van der Waals surface area (Å²) in [6, 6.07) is 8.16. The molecule has 0 spiro atoms. The largest absolute Gasteiger partial charge is 0.385 e. The Hall–Kier alpha value is -1.30. The summed E-state index contributed by atoms with van der Waals surface area (Å²) in [7, 11) is 0. The molecule has 0 atom stereocenters. The van der Waals surface area contributed by atoms with Crippen LogP contribution in [0.3, 0.4) is 0 Å². The van der Waals surface area contributed by atoms with Crippen LogP contribution in [0.4, 0.5) is 0 Å². The Morgan fingerprint density at radius 2 is 2.12 bits per heavy atom. The summed E-state index contributed by atoms with van der Waals surface area (Å²) in [5.74, 6) is 2.66. The van der Waals surface area contributed by atoms with Crippen LogP contribution in [-0.2, 0) is 5.60 Å². The fraction of sp³-hybridized carbons (Fsp3) is 0.467. The maximum Gasteiger partial charge on any atom is 0.0921 e. The second kappa shape index (κ2) is 4.91. The summed E-state index contributed by atoms with van der Waals surface area (Å²) >= 11 is 0. The van der Waals surface area contributed by atoms with E-state index >= 15 is 0 Å². The van der Waals surface area contributed by atoms with Gasteiger partial charge >= 0.3 is 0 Å². The van der Waals surface area contributed by atoms with Crippen molar-refractivity contribution in [1.29, 1.82) is 0 Å². The molecular weight excluding hydrogens is 210 g/mol. The zero-order chi connectivity index (χ0) is 12.3. The molecule has 2 heteroatoms. The molecule has 0 aromatic heterocycles. The molecule has 1 aliphatic rings. The smallest absolute Gasteiger partial charge is 0.0921 e. The zero-order valence-electron chi connectivity index (χ0n) is 10.3. The van der Waals surface area contributed by atoms with Gasteiger partial charge in [-0.3, -0.25) is 4.90 Å². The molecule has 1 fully saturated rings. The van der Waals surface area contributed by atoms with Crippen LogP contribution < -0.4 is 0 Å². The summed E-state index contributed by atoms with van der Waals surface area (Å²) in [6.07, 6.45) is 6.83. The van der Waals surface area contributed by atoms with Crippen LogP contribution in [0.25, 0.3) is 0 Å². The van der Waals surface area contributed by atoms with Crippen LogP contribution in [0.5, 0.6) is 0 Å². The third-order valence-corrected chi connectivity index (χ3v) is 3.55. The first-order valence-electron chi connectivity index (χ1n) is 6.09. The minimum Gasteiger partial charge on any atom is -0.385 e. The van der Waals surface area contributed by atoms with Crippen LogP contribution in [-0.4, -0.2) is 29.6 Å². The molecule has 1 aliphatic heterocycles. The van der Waals surface area contributed by atoms with E-state index in [4.69, 9.17) is 6.42 Å². The summed E-state index contributed by atoms with van der Waals surface area (Å²) in [5, 5.41) is 10.7. The third-order valence-electron chi connectivity index (χ3n) is 3.55. The topological polar surface area (TPSA) is 23.5 Å². The molecule has 0 aliphatic carbocycles. The molecule has 90 valence electrons. The minimum atomic E-state index is -0.670. The van der Waals surface area contributed by atoms with Crippen molar-refractivity contribution >= 4 is 0 Å². The van der Waals surface area contributed by atoms with E-state index in [1.807, 2.05) is 12.1 Å². The van der Waals surface area contributed by atoms with Gasteiger partial charge in [0.1, 0.15) is 0 Å². The summed E-state index contributed by atoms with van der Waals surface area (Å²) < 4.78 is 0. The number of likely N-dealkylation sites (tertiary alicyclic amines) is 1. The highest BCUT2D eigenvalue weighted by molar-refractivity contribution is 5.28. The first-order valence-corrected chi connectivity index (χ1v) is 6.09. The van der Waals surface area contributed by atoms with Gasteiger partial charge in [-0.2, -0.15) is 0 Å². The summed E-state index contributed by atoms with van der Waals surface area (Å²) in [5.41, 5.74) is 1.57. The Labute approximate surface area is 103 Å². The Morgan fingerprint density at radius 1 is 1.41 bits per heavy atom. The Balaban J connectivity index is 2.10. The number of piperidine rings is 1. The van der Waals surface area contributed by atoms with Gasteiger partial charge < -0.3 is 5.11 Å². The lowest BCUT2D eigenvalue weighted by Gasteiger charge is -2.38. The lowest BCUT2D eigenvalue weighted by Crippen LogP contribution is -2.42. The van der Waals surface area contributed by atoms with Crippen molar-refractivity contribution in [3.05, 3.63) is 35.4 Å². The van der Waals surface area contributed by atoms with E-state index in [1.54, 1.807) is 0 Å². The van der Waals surface area contributed by atoms with Crippen LogP contribution >= 0.6 is 0 Å². The highest BCUT2D eigenvalue weighted by Gasteiger charge is 2.33. The van der Waals surface area contributed by atoms with E-state index < -0.39 is 5.60 Å². The lowest BCUT2D eigenvalue weighted by atomic mass is 9.84. The van der Waals surface area contributed by atoms with Crippen LogP contribution in [0.2, 0.25) is 0 Å². The number of aliphatic hydroxyl groups is 1. The Kier molecular flexibility index (Phi) is 3.51. The third kappa shape index (κ3) is 2.69. The second-order valence-corrected chi connectivity index (χ2v) is 4.88. The first kappa shape index (κ1) is 12.2. The molecule has 0 bridgehead atoms. The number of hydrogen-bond acceptors (Lipinski definition) is 2. The quantitative estimate of drug-likeness (QED) is 0.783. The van der Waals surface area contributed by atoms with Crippen molar-refractivity contribution < 1.29 is 5.11 Å². The fourth-order valence-electron chi connectivity index (χ4n) is 2.43. The van der Waals surface area contributed by atoms with Gasteiger partial charge in [0, 0.05) is 13.1 Å². The van der Waals surface area contributed by atoms with E-state index in [2.05, 4.69) is 29.9 Å². The molecule has 0 unspecified atom stereocenters. The predicted octanol–water partition coefficient (Wildman–Crippen LogP) is 1.91. The second-order valence-electron chi connectivity index (χ2n) is 4.88. The molecule has 1 heterocycles. The Bertz CT molecular complexity index is 425. The van der Waals surface area contributed by atoms with Crippen molar-refractivity contribution in [2.75, 3.05) is 19.6 Å². The SMILES string of the molecule is C#CCN1CCC(O)(c2cccc(C)c2)CC1. The molecule has 1 aromatic carbocycles. The number of benzene rings is 1. The fourth-order valence-corrected chi connectivity index (χ4v) is 2.43. The van der Waals surface area contributed by atoms with E-state index in [1.165, 1.54) is 5.56 Å². The van der Waals surface area contributed by atoms with Gasteiger partial charge in [-0.1, -0.05) is 35.7 Å². The molecule has 2 rings (SSSR count). The van der Waals surface area contributed by atoms with Crippen LogP contribution in [0, 0.1) is 19.3 Å².